The van der Waals surface area contributed by atoms with Crippen molar-refractivity contribution in [1.82, 2.24) is 19.3 Å². The summed E-state index contributed by atoms with van der Waals surface area (Å²) in [6.07, 6.45) is 14.3. The largest absolute Gasteiger partial charge is 0.357 e. The van der Waals surface area contributed by atoms with Gasteiger partial charge in [-0.2, -0.15) is 5.10 Å². The fourth-order valence-corrected chi connectivity index (χ4v) is 4.04. The second-order valence-electron chi connectivity index (χ2n) is 7.44. The standard InChI is InChI=1S/C24H21FN4O/c1-2-13-28-14-11-20-19(10-12-26-24(20)28)21-16-29(22-5-3-4-15-30-22)27-23(21)17-6-8-18(25)9-7-17/h1,6-12,14,16,22H,3-5,13,15H2. The van der Waals surface area contributed by atoms with E-state index in [-0.39, 0.29) is 12.0 Å². The highest BCUT2D eigenvalue weighted by Gasteiger charge is 2.22. The number of halogens is 1. The van der Waals surface area contributed by atoms with Crippen LogP contribution in [0, 0.1) is 18.2 Å². The lowest BCUT2D eigenvalue weighted by molar-refractivity contribution is -0.0393. The van der Waals surface area contributed by atoms with Gasteiger partial charge < -0.3 is 9.30 Å². The molecule has 5 rings (SSSR count). The molecule has 1 atom stereocenters. The summed E-state index contributed by atoms with van der Waals surface area (Å²) in [5.41, 5.74) is 4.45. The zero-order valence-electron chi connectivity index (χ0n) is 16.5. The Labute approximate surface area is 174 Å². The number of ether oxygens (including phenoxy) is 1. The molecule has 1 aromatic carbocycles. The monoisotopic (exact) mass is 400 g/mol. The number of pyridine rings is 1. The number of nitrogens with zero attached hydrogens (tertiary/aromatic N) is 4. The third-order valence-corrected chi connectivity index (χ3v) is 5.51. The molecule has 0 amide bonds. The normalized spacial score (nSPS) is 16.6. The third-order valence-electron chi connectivity index (χ3n) is 5.51. The van der Waals surface area contributed by atoms with E-state index in [0.717, 1.165) is 59.3 Å². The van der Waals surface area contributed by atoms with Crippen molar-refractivity contribution in [1.29, 1.82) is 0 Å². The van der Waals surface area contributed by atoms with Crippen molar-refractivity contribution in [2.75, 3.05) is 6.61 Å². The highest BCUT2D eigenvalue weighted by atomic mass is 19.1. The van der Waals surface area contributed by atoms with Crippen LogP contribution in [0.25, 0.3) is 33.4 Å². The zero-order valence-corrected chi connectivity index (χ0v) is 16.5. The van der Waals surface area contributed by atoms with Crippen LogP contribution in [0.5, 0.6) is 0 Å². The van der Waals surface area contributed by atoms with E-state index < -0.39 is 0 Å². The maximum absolute atomic E-state index is 13.5. The highest BCUT2D eigenvalue weighted by Crippen LogP contribution is 2.37. The Morgan fingerprint density at radius 1 is 1.13 bits per heavy atom. The molecule has 30 heavy (non-hydrogen) atoms. The van der Waals surface area contributed by atoms with Gasteiger partial charge in [-0.1, -0.05) is 5.92 Å². The molecule has 0 saturated carbocycles. The molecule has 3 aromatic heterocycles. The smallest absolute Gasteiger partial charge is 0.150 e. The Bertz CT molecular complexity index is 1230. The molecule has 0 spiro atoms. The average Bonchev–Trinajstić information content (AvgIpc) is 3.40. The van der Waals surface area contributed by atoms with Crippen LogP contribution in [0.4, 0.5) is 4.39 Å². The Morgan fingerprint density at radius 3 is 2.77 bits per heavy atom. The van der Waals surface area contributed by atoms with Gasteiger partial charge in [0, 0.05) is 41.7 Å². The zero-order chi connectivity index (χ0) is 20.5. The average molecular weight is 400 g/mol. The van der Waals surface area contributed by atoms with E-state index >= 15 is 0 Å². The Kier molecular flexibility index (Phi) is 4.82. The van der Waals surface area contributed by atoms with Crippen molar-refractivity contribution < 1.29 is 9.13 Å². The first-order valence-electron chi connectivity index (χ1n) is 10.1. The maximum atomic E-state index is 13.5. The first-order valence-corrected chi connectivity index (χ1v) is 10.1. The van der Waals surface area contributed by atoms with Crippen molar-refractivity contribution in [2.24, 2.45) is 0 Å². The van der Waals surface area contributed by atoms with Crippen molar-refractivity contribution in [3.63, 3.8) is 0 Å². The highest BCUT2D eigenvalue weighted by molar-refractivity contribution is 5.97. The predicted molar refractivity (Wildman–Crippen MR) is 114 cm³/mol. The molecule has 1 fully saturated rings. The first kappa shape index (κ1) is 18.6. The topological polar surface area (TPSA) is 44.9 Å². The van der Waals surface area contributed by atoms with Gasteiger partial charge in [0.25, 0.3) is 0 Å². The van der Waals surface area contributed by atoms with Crippen LogP contribution >= 0.6 is 0 Å². The lowest BCUT2D eigenvalue weighted by Gasteiger charge is -2.22. The molecule has 6 heteroatoms. The molecule has 5 nitrogen and oxygen atoms in total. The van der Waals surface area contributed by atoms with Gasteiger partial charge in [-0.25, -0.2) is 14.1 Å². The van der Waals surface area contributed by atoms with Crippen LogP contribution in [0.3, 0.4) is 0 Å². The van der Waals surface area contributed by atoms with Crippen molar-refractivity contribution in [3.05, 3.63) is 60.8 Å². The van der Waals surface area contributed by atoms with Crippen molar-refractivity contribution in [2.45, 2.75) is 32.0 Å². The summed E-state index contributed by atoms with van der Waals surface area (Å²) in [7, 11) is 0. The number of terminal acetylenes is 1. The van der Waals surface area contributed by atoms with E-state index in [4.69, 9.17) is 16.3 Å². The van der Waals surface area contributed by atoms with E-state index in [0.29, 0.717) is 6.54 Å². The van der Waals surface area contributed by atoms with Gasteiger partial charge in [-0.05, 0) is 61.2 Å². The van der Waals surface area contributed by atoms with Crippen LogP contribution < -0.4 is 0 Å². The summed E-state index contributed by atoms with van der Waals surface area (Å²) in [6, 6.07) is 10.4. The van der Waals surface area contributed by atoms with Crippen LogP contribution in [-0.4, -0.2) is 25.9 Å². The Morgan fingerprint density at radius 2 is 2.00 bits per heavy atom. The molecule has 1 aliphatic rings. The van der Waals surface area contributed by atoms with Crippen molar-refractivity contribution in [3.8, 4) is 34.7 Å². The van der Waals surface area contributed by atoms with Gasteiger partial charge in [0.15, 0.2) is 0 Å². The lowest BCUT2D eigenvalue weighted by atomic mass is 10.0. The summed E-state index contributed by atoms with van der Waals surface area (Å²) < 4.78 is 23.3. The van der Waals surface area contributed by atoms with Crippen LogP contribution in [-0.2, 0) is 11.3 Å². The molecule has 1 unspecified atom stereocenters. The van der Waals surface area contributed by atoms with Gasteiger partial charge in [0.2, 0.25) is 0 Å². The number of rotatable bonds is 4. The van der Waals surface area contributed by atoms with Gasteiger partial charge in [-0.3, -0.25) is 0 Å². The molecular weight excluding hydrogens is 379 g/mol. The second kappa shape index (κ2) is 7.77. The quantitative estimate of drug-likeness (QED) is 0.451. The summed E-state index contributed by atoms with van der Waals surface area (Å²) in [5, 5.41) is 5.87. The molecule has 4 heterocycles. The van der Waals surface area contributed by atoms with Gasteiger partial charge in [0.05, 0.1) is 6.54 Å². The summed E-state index contributed by atoms with van der Waals surface area (Å²) >= 11 is 0. The summed E-state index contributed by atoms with van der Waals surface area (Å²) in [5.74, 6) is 2.40. The van der Waals surface area contributed by atoms with Gasteiger partial charge in [-0.15, -0.1) is 6.42 Å². The predicted octanol–water partition coefficient (Wildman–Crippen LogP) is 5.04. The van der Waals surface area contributed by atoms with E-state index in [1.165, 1.54) is 12.1 Å². The fraction of sp³-hybridized carbons (Fsp3) is 0.250. The molecule has 1 saturated heterocycles. The van der Waals surface area contributed by atoms with E-state index in [9.17, 15) is 4.39 Å². The van der Waals surface area contributed by atoms with Crippen LogP contribution in [0.1, 0.15) is 25.5 Å². The van der Waals surface area contributed by atoms with Crippen LogP contribution in [0.15, 0.2) is 55.0 Å². The molecule has 4 aromatic rings. The van der Waals surface area contributed by atoms with E-state index in [1.807, 2.05) is 33.8 Å². The minimum absolute atomic E-state index is 0.0879. The van der Waals surface area contributed by atoms with Gasteiger partial charge >= 0.3 is 0 Å². The minimum atomic E-state index is -0.270. The van der Waals surface area contributed by atoms with E-state index in [2.05, 4.69) is 10.9 Å². The van der Waals surface area contributed by atoms with E-state index in [1.54, 1.807) is 18.3 Å². The Balaban J connectivity index is 1.68. The maximum Gasteiger partial charge on any atom is 0.150 e. The number of benzene rings is 1. The second-order valence-corrected chi connectivity index (χ2v) is 7.44. The molecule has 0 radical (unpaired) electrons. The molecule has 0 N–H and O–H groups in total. The minimum Gasteiger partial charge on any atom is -0.357 e. The summed E-state index contributed by atoms with van der Waals surface area (Å²) in [6.45, 7) is 1.19. The lowest BCUT2D eigenvalue weighted by Crippen LogP contribution is -2.18. The van der Waals surface area contributed by atoms with Crippen molar-refractivity contribution >= 4 is 11.0 Å². The molecule has 0 aliphatic carbocycles. The number of hydrogen-bond acceptors (Lipinski definition) is 3. The van der Waals surface area contributed by atoms with Gasteiger partial charge in [0.1, 0.15) is 23.4 Å². The molecule has 0 bridgehead atoms. The van der Waals surface area contributed by atoms with Crippen LogP contribution in [0.2, 0.25) is 0 Å². The number of fused-ring (bicyclic) bond motifs is 1. The molecule has 150 valence electrons. The first-order chi connectivity index (χ1) is 14.7. The number of hydrogen-bond donors (Lipinski definition) is 0. The molecule has 1 aliphatic heterocycles. The third kappa shape index (κ3) is 3.27. The number of aromatic nitrogens is 4. The summed E-state index contributed by atoms with van der Waals surface area (Å²) in [4.78, 5) is 4.52. The molecular formula is C24H21FN4O. The Hall–Kier alpha value is -3.43. The SMILES string of the molecule is C#CCn1ccc2c(-c3cn(C4CCCCO4)nc3-c3ccc(F)cc3)ccnc21. The fourth-order valence-electron chi connectivity index (χ4n) is 4.04.